The summed E-state index contributed by atoms with van der Waals surface area (Å²) in [5, 5.41) is 11.3. The Morgan fingerprint density at radius 1 is 1.11 bits per heavy atom. The maximum Gasteiger partial charge on any atom is 0.251 e. The summed E-state index contributed by atoms with van der Waals surface area (Å²) in [6, 6.07) is 17.6. The van der Waals surface area contributed by atoms with Gasteiger partial charge in [0.25, 0.3) is 5.91 Å². The molecule has 0 radical (unpaired) electrons. The third-order valence-electron chi connectivity index (χ3n) is 6.66. The number of para-hydroxylation sites is 1. The molecule has 2 aromatic heterocycles. The highest BCUT2D eigenvalue weighted by Gasteiger charge is 2.35. The van der Waals surface area contributed by atoms with E-state index in [1.165, 1.54) is 11.2 Å². The first-order chi connectivity index (χ1) is 18.0. The molecule has 4 aromatic rings. The van der Waals surface area contributed by atoms with Crippen molar-refractivity contribution >= 4 is 28.5 Å². The molecule has 0 aliphatic carbocycles. The van der Waals surface area contributed by atoms with Crippen molar-refractivity contribution in [3.63, 3.8) is 0 Å². The van der Waals surface area contributed by atoms with Crippen LogP contribution in [0.15, 0.2) is 71.3 Å². The van der Waals surface area contributed by atoms with Crippen molar-refractivity contribution in [1.29, 1.82) is 0 Å². The lowest BCUT2D eigenvalue weighted by Gasteiger charge is -2.30. The van der Waals surface area contributed by atoms with Crippen molar-refractivity contribution in [3.8, 4) is 0 Å². The molecule has 0 spiro atoms. The number of hydrogen-bond donors (Lipinski definition) is 1. The molecule has 2 atom stereocenters. The van der Waals surface area contributed by atoms with Crippen molar-refractivity contribution in [1.82, 2.24) is 20.3 Å². The van der Waals surface area contributed by atoms with E-state index < -0.39 is 6.04 Å². The maximum atomic E-state index is 14.0. The minimum Gasteiger partial charge on any atom is -0.467 e. The minimum atomic E-state index is -1.01. The highest BCUT2D eigenvalue weighted by molar-refractivity contribution is 6.01. The number of furan rings is 1. The van der Waals surface area contributed by atoms with E-state index in [1.807, 2.05) is 48.5 Å². The standard InChI is InChI=1S/C28H31N5O4/c1-19(2)20-11-13-21(14-12-20)33(26(34)18-32-24-9-4-3-8-23(24)30-31-32)27(25-10-6-16-37-25)28(35)29-17-22-7-5-15-36-22/h3-4,6,8-14,16,19,22,27H,5,7,15,17-18H2,1-2H3,(H,29,35)/t22-,27-/m0/s1. The molecular formula is C28H31N5O4. The van der Waals surface area contributed by atoms with Crippen LogP contribution in [-0.2, 0) is 20.9 Å². The number of carbonyl (C=O) groups is 2. The van der Waals surface area contributed by atoms with Crippen LogP contribution in [0.3, 0.4) is 0 Å². The Morgan fingerprint density at radius 3 is 2.62 bits per heavy atom. The van der Waals surface area contributed by atoms with E-state index in [1.54, 1.807) is 16.8 Å². The number of aromatic nitrogens is 3. The molecule has 2 aromatic carbocycles. The van der Waals surface area contributed by atoms with Gasteiger partial charge in [-0.15, -0.1) is 5.10 Å². The molecule has 1 aliphatic rings. The lowest BCUT2D eigenvalue weighted by molar-refractivity contribution is -0.127. The second kappa shape index (κ2) is 11.0. The van der Waals surface area contributed by atoms with Crippen molar-refractivity contribution < 1.29 is 18.7 Å². The molecule has 37 heavy (non-hydrogen) atoms. The monoisotopic (exact) mass is 501 g/mol. The molecule has 1 fully saturated rings. The summed E-state index contributed by atoms with van der Waals surface area (Å²) in [5.41, 5.74) is 3.16. The van der Waals surface area contributed by atoms with Crippen LogP contribution in [0.25, 0.3) is 11.0 Å². The number of amides is 2. The summed E-state index contributed by atoms with van der Waals surface area (Å²) in [7, 11) is 0. The molecule has 1 aliphatic heterocycles. The molecule has 0 unspecified atom stereocenters. The number of benzene rings is 2. The van der Waals surface area contributed by atoms with Crippen LogP contribution in [0.4, 0.5) is 5.69 Å². The van der Waals surface area contributed by atoms with Crippen molar-refractivity contribution in [3.05, 3.63) is 78.3 Å². The summed E-state index contributed by atoms with van der Waals surface area (Å²) < 4.78 is 12.9. The van der Waals surface area contributed by atoms with Crippen LogP contribution in [0.5, 0.6) is 0 Å². The van der Waals surface area contributed by atoms with Crippen LogP contribution >= 0.6 is 0 Å². The Labute approximate surface area is 215 Å². The van der Waals surface area contributed by atoms with E-state index in [9.17, 15) is 9.59 Å². The van der Waals surface area contributed by atoms with E-state index in [2.05, 4.69) is 29.5 Å². The first-order valence-corrected chi connectivity index (χ1v) is 12.6. The van der Waals surface area contributed by atoms with Gasteiger partial charge in [0.1, 0.15) is 17.8 Å². The van der Waals surface area contributed by atoms with Gasteiger partial charge in [-0.05, 0) is 60.7 Å². The Kier molecular flexibility index (Phi) is 7.32. The normalized spacial score (nSPS) is 16.2. The van der Waals surface area contributed by atoms with Gasteiger partial charge in [-0.2, -0.15) is 0 Å². The maximum absolute atomic E-state index is 14.0. The number of nitrogens with zero attached hydrogens (tertiary/aromatic N) is 4. The molecule has 1 saturated heterocycles. The molecular weight excluding hydrogens is 470 g/mol. The number of anilines is 1. The quantitative estimate of drug-likeness (QED) is 0.368. The third-order valence-corrected chi connectivity index (χ3v) is 6.66. The largest absolute Gasteiger partial charge is 0.467 e. The smallest absolute Gasteiger partial charge is 0.251 e. The Morgan fingerprint density at radius 2 is 1.92 bits per heavy atom. The number of fused-ring (bicyclic) bond motifs is 1. The molecule has 9 heteroatoms. The summed E-state index contributed by atoms with van der Waals surface area (Å²) in [5.74, 6) is 0.0432. The Balaban J connectivity index is 1.50. The lowest BCUT2D eigenvalue weighted by atomic mass is 10.0. The summed E-state index contributed by atoms with van der Waals surface area (Å²) in [6.07, 6.45) is 3.34. The topological polar surface area (TPSA) is 102 Å². The highest BCUT2D eigenvalue weighted by Crippen LogP contribution is 2.30. The fourth-order valence-electron chi connectivity index (χ4n) is 4.63. The summed E-state index contributed by atoms with van der Waals surface area (Å²) >= 11 is 0. The highest BCUT2D eigenvalue weighted by atomic mass is 16.5. The van der Waals surface area contributed by atoms with Gasteiger partial charge in [0.05, 0.1) is 17.9 Å². The summed E-state index contributed by atoms with van der Waals surface area (Å²) in [4.78, 5) is 29.1. The van der Waals surface area contributed by atoms with E-state index in [0.717, 1.165) is 23.9 Å². The fraction of sp³-hybridized carbons (Fsp3) is 0.357. The van der Waals surface area contributed by atoms with Gasteiger partial charge < -0.3 is 14.5 Å². The predicted molar refractivity (Wildman–Crippen MR) is 139 cm³/mol. The third kappa shape index (κ3) is 5.41. The fourth-order valence-corrected chi connectivity index (χ4v) is 4.63. The zero-order valence-electron chi connectivity index (χ0n) is 21.0. The Bertz CT molecular complexity index is 1340. The number of ether oxygens (including phenoxy) is 1. The Hall–Kier alpha value is -3.98. The molecule has 2 amide bonds. The van der Waals surface area contributed by atoms with Gasteiger partial charge in [0.15, 0.2) is 6.04 Å². The second-order valence-corrected chi connectivity index (χ2v) is 9.54. The minimum absolute atomic E-state index is 0.0304. The van der Waals surface area contributed by atoms with Crippen LogP contribution in [-0.4, -0.2) is 46.1 Å². The van der Waals surface area contributed by atoms with Gasteiger partial charge in [-0.3, -0.25) is 14.5 Å². The molecule has 192 valence electrons. The van der Waals surface area contributed by atoms with E-state index in [0.29, 0.717) is 36.0 Å². The van der Waals surface area contributed by atoms with Gasteiger partial charge >= 0.3 is 0 Å². The first kappa shape index (κ1) is 24.7. The van der Waals surface area contributed by atoms with Crippen molar-refractivity contribution in [2.75, 3.05) is 18.1 Å². The molecule has 9 nitrogen and oxygen atoms in total. The SMILES string of the molecule is CC(C)c1ccc(N(C(=O)Cn2nnc3ccccc32)[C@H](C(=O)NC[C@@H]2CCCO2)c2ccco2)cc1. The average Bonchev–Trinajstić information content (AvgIpc) is 3.69. The van der Waals surface area contributed by atoms with Crippen LogP contribution in [0.2, 0.25) is 0 Å². The number of nitrogens with one attached hydrogen (secondary N) is 1. The van der Waals surface area contributed by atoms with Gasteiger partial charge in [-0.1, -0.05) is 43.3 Å². The van der Waals surface area contributed by atoms with E-state index in [-0.39, 0.29) is 24.5 Å². The van der Waals surface area contributed by atoms with Gasteiger partial charge in [0, 0.05) is 18.8 Å². The molecule has 0 bridgehead atoms. The van der Waals surface area contributed by atoms with Crippen LogP contribution in [0.1, 0.15) is 50.0 Å². The van der Waals surface area contributed by atoms with Crippen LogP contribution < -0.4 is 10.2 Å². The first-order valence-electron chi connectivity index (χ1n) is 12.6. The van der Waals surface area contributed by atoms with Gasteiger partial charge in [-0.25, -0.2) is 4.68 Å². The second-order valence-electron chi connectivity index (χ2n) is 9.54. The molecule has 1 N–H and O–H groups in total. The van der Waals surface area contributed by atoms with E-state index >= 15 is 0 Å². The van der Waals surface area contributed by atoms with Crippen molar-refractivity contribution in [2.45, 2.75) is 51.3 Å². The number of rotatable bonds is 9. The molecule has 0 saturated carbocycles. The van der Waals surface area contributed by atoms with Crippen molar-refractivity contribution in [2.24, 2.45) is 0 Å². The lowest BCUT2D eigenvalue weighted by Crippen LogP contribution is -2.46. The van der Waals surface area contributed by atoms with Crippen LogP contribution in [0, 0.1) is 0 Å². The zero-order chi connectivity index (χ0) is 25.8. The number of carbonyl (C=O) groups excluding carboxylic acids is 2. The number of hydrogen-bond acceptors (Lipinski definition) is 6. The zero-order valence-corrected chi connectivity index (χ0v) is 21.0. The van der Waals surface area contributed by atoms with Gasteiger partial charge in [0.2, 0.25) is 5.91 Å². The summed E-state index contributed by atoms with van der Waals surface area (Å²) in [6.45, 7) is 5.19. The molecule has 5 rings (SSSR count). The molecule has 3 heterocycles. The predicted octanol–water partition coefficient (Wildman–Crippen LogP) is 4.22. The average molecular weight is 502 g/mol. The van der Waals surface area contributed by atoms with E-state index in [4.69, 9.17) is 9.15 Å².